The summed E-state index contributed by atoms with van der Waals surface area (Å²) in [5.74, 6) is -1.67. The van der Waals surface area contributed by atoms with E-state index in [9.17, 15) is 30.7 Å². The van der Waals surface area contributed by atoms with Gasteiger partial charge >= 0.3 is 11.8 Å². The summed E-state index contributed by atoms with van der Waals surface area (Å²) in [4.78, 5) is 0. The molecule has 0 aliphatic carbocycles. The lowest BCUT2D eigenvalue weighted by molar-refractivity contribution is -0.218. The molecule has 0 amide bonds. The first kappa shape index (κ1) is 12.1. The van der Waals surface area contributed by atoms with Crippen LogP contribution in [0.25, 0.3) is 0 Å². The smallest absolute Gasteiger partial charge is 0.202 e. The number of alkyl halides is 6. The van der Waals surface area contributed by atoms with Crippen LogP contribution in [-0.2, 0) is 6.30 Å². The molecule has 0 saturated carbocycles. The lowest BCUT2D eigenvalue weighted by Crippen LogP contribution is -2.20. The Balaban J connectivity index is 3.11. The Kier molecular flexibility index (Phi) is 2.90. The highest BCUT2D eigenvalue weighted by molar-refractivity contribution is 8.00. The van der Waals surface area contributed by atoms with Crippen LogP contribution < -0.4 is 0 Å². The Morgan fingerprint density at radius 1 is 1.13 bits per heavy atom. The Hall–Kier alpha value is -0.930. The number of rotatable bonds is 1. The second-order valence-corrected chi connectivity index (χ2v) is 3.28. The fourth-order valence-electron chi connectivity index (χ4n) is 0.699. The number of nitrogens with zero attached hydrogens (tertiary/aromatic N) is 2. The fourth-order valence-corrected chi connectivity index (χ4v) is 1.31. The van der Waals surface area contributed by atoms with E-state index in [1.807, 2.05) is 0 Å². The lowest BCUT2D eigenvalue weighted by Gasteiger charge is -2.11. The topological polar surface area (TPSA) is 17.8 Å². The third kappa shape index (κ3) is 3.01. The normalized spacial score (nSPS) is 13.3. The summed E-state index contributed by atoms with van der Waals surface area (Å²) in [5.41, 5.74) is -5.01. The molecule has 1 aromatic rings. The molecule has 0 atom stereocenters. The van der Waals surface area contributed by atoms with E-state index in [4.69, 9.17) is 0 Å². The average molecular weight is 254 g/mol. The van der Waals surface area contributed by atoms with E-state index >= 15 is 0 Å². The maximum absolute atomic E-state index is 12.6. The van der Waals surface area contributed by atoms with Crippen molar-refractivity contribution >= 4 is 11.8 Å². The standard InChI is InChI=1S/C5HF7N2S/c6-2-1-13-14(4(7,8)9)3(2)15-5(10,11)12/h1H. The van der Waals surface area contributed by atoms with Crippen molar-refractivity contribution in [2.45, 2.75) is 16.8 Å². The van der Waals surface area contributed by atoms with Crippen molar-refractivity contribution in [3.05, 3.63) is 12.0 Å². The van der Waals surface area contributed by atoms with Crippen molar-refractivity contribution < 1.29 is 30.7 Å². The first-order valence-electron chi connectivity index (χ1n) is 3.18. The summed E-state index contributed by atoms with van der Waals surface area (Å²) in [7, 11) is 0. The van der Waals surface area contributed by atoms with E-state index in [0.717, 1.165) is 0 Å². The zero-order chi connectivity index (χ0) is 11.9. The number of aromatic nitrogens is 2. The van der Waals surface area contributed by atoms with Gasteiger partial charge in [0.25, 0.3) is 0 Å². The van der Waals surface area contributed by atoms with Crippen molar-refractivity contribution in [1.82, 2.24) is 9.78 Å². The molecule has 0 fully saturated rings. The van der Waals surface area contributed by atoms with E-state index in [1.54, 1.807) is 0 Å². The van der Waals surface area contributed by atoms with Crippen molar-refractivity contribution in [1.29, 1.82) is 0 Å². The minimum absolute atomic E-state index is 0.0710. The number of hydrogen-bond donors (Lipinski definition) is 0. The van der Waals surface area contributed by atoms with Crippen molar-refractivity contribution in [2.24, 2.45) is 0 Å². The Labute approximate surface area is 82.1 Å². The molecule has 15 heavy (non-hydrogen) atoms. The van der Waals surface area contributed by atoms with Crippen LogP contribution in [-0.4, -0.2) is 15.3 Å². The summed E-state index contributed by atoms with van der Waals surface area (Å²) < 4.78 is 82.8. The Morgan fingerprint density at radius 2 is 1.67 bits per heavy atom. The molecule has 1 aromatic heterocycles. The van der Waals surface area contributed by atoms with E-state index in [1.165, 1.54) is 0 Å². The molecule has 2 nitrogen and oxygen atoms in total. The van der Waals surface area contributed by atoms with Crippen molar-refractivity contribution in [3.8, 4) is 0 Å². The van der Waals surface area contributed by atoms with Gasteiger partial charge in [0.2, 0.25) is 0 Å². The summed E-state index contributed by atoms with van der Waals surface area (Å²) in [5, 5.41) is 0.837. The van der Waals surface area contributed by atoms with Gasteiger partial charge in [-0.1, -0.05) is 0 Å². The molecule has 10 heteroatoms. The highest BCUT2D eigenvalue weighted by Crippen LogP contribution is 2.40. The predicted octanol–water partition coefficient (Wildman–Crippen LogP) is 3.11. The van der Waals surface area contributed by atoms with Gasteiger partial charge < -0.3 is 0 Å². The zero-order valence-electron chi connectivity index (χ0n) is 6.53. The van der Waals surface area contributed by atoms with Gasteiger partial charge in [0.1, 0.15) is 5.03 Å². The first-order valence-corrected chi connectivity index (χ1v) is 3.99. The average Bonchev–Trinajstić information content (AvgIpc) is 2.28. The molecule has 0 aliphatic heterocycles. The Bertz CT molecular complexity index is 351. The van der Waals surface area contributed by atoms with Crippen LogP contribution >= 0.6 is 11.8 Å². The van der Waals surface area contributed by atoms with E-state index in [0.29, 0.717) is 0 Å². The summed E-state index contributed by atoms with van der Waals surface area (Å²) in [6.07, 6.45) is -5.11. The highest BCUT2D eigenvalue weighted by Gasteiger charge is 2.40. The molecule has 0 aromatic carbocycles. The number of halogens is 7. The van der Waals surface area contributed by atoms with E-state index in [-0.39, 0.29) is 6.20 Å². The molecule has 0 spiro atoms. The van der Waals surface area contributed by atoms with Gasteiger partial charge in [0.05, 0.1) is 6.20 Å². The van der Waals surface area contributed by atoms with Gasteiger partial charge in [0, 0.05) is 11.8 Å². The minimum Gasteiger partial charge on any atom is -0.202 e. The van der Waals surface area contributed by atoms with Crippen LogP contribution in [0.5, 0.6) is 0 Å². The van der Waals surface area contributed by atoms with Gasteiger partial charge in [0.15, 0.2) is 5.82 Å². The van der Waals surface area contributed by atoms with Crippen LogP contribution in [0.3, 0.4) is 0 Å². The van der Waals surface area contributed by atoms with Crippen LogP contribution in [0, 0.1) is 5.82 Å². The van der Waals surface area contributed by atoms with Gasteiger partial charge in [-0.25, -0.2) is 4.39 Å². The van der Waals surface area contributed by atoms with Gasteiger partial charge in [-0.3, -0.25) is 0 Å². The third-order valence-corrected chi connectivity index (χ3v) is 1.93. The van der Waals surface area contributed by atoms with Crippen LogP contribution in [0.2, 0.25) is 0 Å². The van der Waals surface area contributed by atoms with Crippen LogP contribution in [0.1, 0.15) is 0 Å². The molecule has 0 unspecified atom stereocenters. The number of thioether (sulfide) groups is 1. The maximum Gasteiger partial charge on any atom is 0.505 e. The van der Waals surface area contributed by atoms with Crippen LogP contribution in [0.15, 0.2) is 11.2 Å². The van der Waals surface area contributed by atoms with Gasteiger partial charge in [-0.15, -0.1) is 13.2 Å². The number of hydrogen-bond acceptors (Lipinski definition) is 2. The molecule has 0 bridgehead atoms. The minimum atomic E-state index is -5.18. The maximum atomic E-state index is 12.6. The van der Waals surface area contributed by atoms with Gasteiger partial charge in [-0.2, -0.15) is 23.0 Å². The molecular weight excluding hydrogens is 253 g/mol. The Morgan fingerprint density at radius 3 is 2.07 bits per heavy atom. The fraction of sp³-hybridized carbons (Fsp3) is 0.400. The van der Waals surface area contributed by atoms with E-state index < -0.39 is 39.1 Å². The first-order chi connectivity index (χ1) is 6.61. The second kappa shape index (κ2) is 3.58. The SMILES string of the molecule is Fc1cnn(C(F)(F)F)c1SC(F)(F)F. The van der Waals surface area contributed by atoms with Crippen molar-refractivity contribution in [2.75, 3.05) is 0 Å². The molecule has 1 rings (SSSR count). The molecule has 0 saturated heterocycles. The molecule has 0 radical (unpaired) electrons. The van der Waals surface area contributed by atoms with Gasteiger partial charge in [-0.05, 0) is 0 Å². The second-order valence-electron chi connectivity index (χ2n) is 2.23. The molecule has 86 valence electrons. The van der Waals surface area contributed by atoms with Crippen LogP contribution in [0.4, 0.5) is 30.7 Å². The van der Waals surface area contributed by atoms with E-state index in [2.05, 4.69) is 5.10 Å². The predicted molar refractivity (Wildman–Crippen MR) is 35.4 cm³/mol. The molecule has 0 aliphatic rings. The monoisotopic (exact) mass is 254 g/mol. The third-order valence-electron chi connectivity index (χ3n) is 1.14. The summed E-state index contributed by atoms with van der Waals surface area (Å²) in [6, 6.07) is 0. The lowest BCUT2D eigenvalue weighted by atomic mass is 10.7. The summed E-state index contributed by atoms with van der Waals surface area (Å²) >= 11 is -1.21. The highest BCUT2D eigenvalue weighted by atomic mass is 32.2. The largest absolute Gasteiger partial charge is 0.505 e. The zero-order valence-corrected chi connectivity index (χ0v) is 7.34. The summed E-state index contributed by atoms with van der Waals surface area (Å²) in [6.45, 7) is 0. The van der Waals surface area contributed by atoms with Crippen molar-refractivity contribution in [3.63, 3.8) is 0 Å². The molecule has 1 heterocycles. The quantitative estimate of drug-likeness (QED) is 0.566. The molecular formula is C5HF7N2S. The molecule has 0 N–H and O–H groups in total.